The fourth-order valence-electron chi connectivity index (χ4n) is 3.01. The molecule has 0 aromatic heterocycles. The number of rotatable bonds is 7. The summed E-state index contributed by atoms with van der Waals surface area (Å²) in [6.45, 7) is 0.737. The number of hydrogen-bond acceptors (Lipinski definition) is 2. The highest BCUT2D eigenvalue weighted by Gasteiger charge is 2.12. The minimum Gasteiger partial charge on any atom is -0.355 e. The summed E-state index contributed by atoms with van der Waals surface area (Å²) in [7, 11) is 0. The second kappa shape index (κ2) is 8.21. The summed E-state index contributed by atoms with van der Waals surface area (Å²) < 4.78 is 0. The van der Waals surface area contributed by atoms with E-state index in [1.807, 2.05) is 17.8 Å². The van der Waals surface area contributed by atoms with Gasteiger partial charge >= 0.3 is 0 Å². The van der Waals surface area contributed by atoms with E-state index in [-0.39, 0.29) is 5.91 Å². The second-order valence-electron chi connectivity index (χ2n) is 6.02. The largest absolute Gasteiger partial charge is 0.355 e. The first-order valence-electron chi connectivity index (χ1n) is 8.30. The molecule has 1 N–H and O–H groups in total. The number of carbonyl (C=O) groups is 1. The molecule has 0 atom stereocenters. The normalized spacial score (nSPS) is 12.9. The number of hydrogen-bond donors (Lipinski definition) is 1. The van der Waals surface area contributed by atoms with Crippen molar-refractivity contribution in [2.24, 2.45) is 0 Å². The van der Waals surface area contributed by atoms with Crippen molar-refractivity contribution in [3.8, 4) is 0 Å². The van der Waals surface area contributed by atoms with Gasteiger partial charge in [0.15, 0.2) is 0 Å². The molecule has 120 valence electrons. The molecule has 3 heteroatoms. The number of benzene rings is 2. The lowest BCUT2D eigenvalue weighted by molar-refractivity contribution is -0.120. The van der Waals surface area contributed by atoms with Gasteiger partial charge in [0.05, 0.1) is 6.42 Å². The van der Waals surface area contributed by atoms with E-state index in [1.54, 1.807) is 0 Å². The summed E-state index contributed by atoms with van der Waals surface area (Å²) >= 11 is 1.86. The Morgan fingerprint density at radius 1 is 1.00 bits per heavy atom. The van der Waals surface area contributed by atoms with E-state index in [0.717, 1.165) is 23.6 Å². The predicted octanol–water partition coefficient (Wildman–Crippen LogP) is 3.77. The highest BCUT2D eigenvalue weighted by Crippen LogP contribution is 2.22. The van der Waals surface area contributed by atoms with Crippen molar-refractivity contribution in [2.45, 2.75) is 31.4 Å². The lowest BCUT2D eigenvalue weighted by Gasteiger charge is -2.07. The van der Waals surface area contributed by atoms with Crippen LogP contribution >= 0.6 is 11.8 Å². The molecule has 0 bridgehead atoms. The van der Waals surface area contributed by atoms with Gasteiger partial charge < -0.3 is 5.32 Å². The fourth-order valence-corrected chi connectivity index (χ4v) is 3.83. The van der Waals surface area contributed by atoms with Gasteiger partial charge in [0.1, 0.15) is 0 Å². The number of fused-ring (bicyclic) bond motifs is 1. The summed E-state index contributed by atoms with van der Waals surface area (Å²) in [5.41, 5.74) is 5.38. The Balaban J connectivity index is 1.35. The van der Waals surface area contributed by atoms with Crippen LogP contribution in [-0.4, -0.2) is 18.2 Å². The number of aryl methyl sites for hydroxylation is 2. The number of carbonyl (C=O) groups excluding carboxylic acids is 1. The molecule has 0 radical (unpaired) electrons. The highest BCUT2D eigenvalue weighted by molar-refractivity contribution is 7.98. The molecule has 0 saturated heterocycles. The molecule has 2 aromatic carbocycles. The maximum atomic E-state index is 12.0. The summed E-state index contributed by atoms with van der Waals surface area (Å²) in [5.74, 6) is 2.08. The van der Waals surface area contributed by atoms with Gasteiger partial charge in [-0.1, -0.05) is 48.5 Å². The number of amides is 1. The molecule has 0 aliphatic heterocycles. The smallest absolute Gasteiger partial charge is 0.224 e. The molecule has 23 heavy (non-hydrogen) atoms. The van der Waals surface area contributed by atoms with Gasteiger partial charge in [-0.2, -0.15) is 11.8 Å². The Labute approximate surface area is 142 Å². The average molecular weight is 325 g/mol. The van der Waals surface area contributed by atoms with Crippen molar-refractivity contribution >= 4 is 17.7 Å². The highest BCUT2D eigenvalue weighted by atomic mass is 32.2. The zero-order chi connectivity index (χ0) is 15.9. The van der Waals surface area contributed by atoms with E-state index in [4.69, 9.17) is 0 Å². The van der Waals surface area contributed by atoms with Gasteiger partial charge in [0.2, 0.25) is 5.91 Å². The van der Waals surface area contributed by atoms with E-state index in [0.29, 0.717) is 6.42 Å². The molecule has 0 fully saturated rings. The van der Waals surface area contributed by atoms with Gasteiger partial charge in [-0.05, 0) is 41.5 Å². The first kappa shape index (κ1) is 16.1. The number of thioether (sulfide) groups is 1. The van der Waals surface area contributed by atoms with Gasteiger partial charge in [-0.15, -0.1) is 0 Å². The number of nitrogens with one attached hydrogen (secondary N) is 1. The van der Waals surface area contributed by atoms with Crippen molar-refractivity contribution in [3.63, 3.8) is 0 Å². The van der Waals surface area contributed by atoms with Crippen LogP contribution in [0.4, 0.5) is 0 Å². The van der Waals surface area contributed by atoms with Crippen LogP contribution in [0.15, 0.2) is 48.5 Å². The van der Waals surface area contributed by atoms with Crippen LogP contribution in [0.2, 0.25) is 0 Å². The molecule has 3 rings (SSSR count). The minimum absolute atomic E-state index is 0.128. The van der Waals surface area contributed by atoms with Gasteiger partial charge in [0.25, 0.3) is 0 Å². The van der Waals surface area contributed by atoms with Crippen LogP contribution in [0.25, 0.3) is 0 Å². The summed E-state index contributed by atoms with van der Waals surface area (Å²) in [4.78, 5) is 12.0. The third kappa shape index (κ3) is 4.87. The maximum absolute atomic E-state index is 12.0. The molecular weight excluding hydrogens is 302 g/mol. The molecule has 1 aliphatic carbocycles. The first-order valence-corrected chi connectivity index (χ1v) is 9.46. The zero-order valence-electron chi connectivity index (χ0n) is 13.4. The standard InChI is InChI=1S/C20H23NOS/c22-20(14-17-9-10-18-7-4-8-19(18)13-17)21-11-12-23-15-16-5-2-1-3-6-16/h1-3,5-6,9-10,13H,4,7-8,11-12,14-15H2,(H,21,22). The summed E-state index contributed by atoms with van der Waals surface area (Å²) in [5, 5.41) is 3.03. The van der Waals surface area contributed by atoms with Gasteiger partial charge in [-0.25, -0.2) is 0 Å². The topological polar surface area (TPSA) is 29.1 Å². The van der Waals surface area contributed by atoms with Crippen LogP contribution < -0.4 is 5.32 Å². The van der Waals surface area contributed by atoms with E-state index >= 15 is 0 Å². The molecule has 0 spiro atoms. The average Bonchev–Trinajstić information content (AvgIpc) is 3.03. The van der Waals surface area contributed by atoms with Crippen molar-refractivity contribution < 1.29 is 4.79 Å². The SMILES string of the molecule is O=C(Cc1ccc2c(c1)CCC2)NCCSCc1ccccc1. The van der Waals surface area contributed by atoms with Crippen molar-refractivity contribution in [1.82, 2.24) is 5.32 Å². The van der Waals surface area contributed by atoms with Crippen LogP contribution in [0.3, 0.4) is 0 Å². The molecule has 1 amide bonds. The monoisotopic (exact) mass is 325 g/mol. The molecule has 0 unspecified atom stereocenters. The van der Waals surface area contributed by atoms with E-state index in [1.165, 1.54) is 36.0 Å². The van der Waals surface area contributed by atoms with E-state index < -0.39 is 0 Å². The molecular formula is C20H23NOS. The van der Waals surface area contributed by atoms with E-state index in [9.17, 15) is 4.79 Å². The van der Waals surface area contributed by atoms with Crippen molar-refractivity contribution in [2.75, 3.05) is 12.3 Å². The lowest BCUT2D eigenvalue weighted by Crippen LogP contribution is -2.27. The quantitative estimate of drug-likeness (QED) is 0.785. The molecule has 2 nitrogen and oxygen atoms in total. The Hall–Kier alpha value is -1.74. The van der Waals surface area contributed by atoms with Crippen LogP contribution in [0.1, 0.15) is 28.7 Å². The van der Waals surface area contributed by atoms with Gasteiger partial charge in [0, 0.05) is 18.1 Å². The summed E-state index contributed by atoms with van der Waals surface area (Å²) in [6.07, 6.45) is 4.11. The van der Waals surface area contributed by atoms with Crippen LogP contribution in [0.5, 0.6) is 0 Å². The van der Waals surface area contributed by atoms with Gasteiger partial charge in [-0.3, -0.25) is 4.79 Å². The Morgan fingerprint density at radius 3 is 2.70 bits per heavy atom. The first-order chi connectivity index (χ1) is 11.3. The molecule has 0 heterocycles. The Bertz CT molecular complexity index is 654. The maximum Gasteiger partial charge on any atom is 0.224 e. The second-order valence-corrected chi connectivity index (χ2v) is 7.13. The third-order valence-electron chi connectivity index (χ3n) is 4.21. The Morgan fingerprint density at radius 2 is 1.83 bits per heavy atom. The van der Waals surface area contributed by atoms with Crippen molar-refractivity contribution in [1.29, 1.82) is 0 Å². The predicted molar refractivity (Wildman–Crippen MR) is 97.8 cm³/mol. The Kier molecular flexibility index (Phi) is 5.76. The lowest BCUT2D eigenvalue weighted by atomic mass is 10.0. The molecule has 2 aromatic rings. The fraction of sp³-hybridized carbons (Fsp3) is 0.350. The van der Waals surface area contributed by atoms with Crippen molar-refractivity contribution in [3.05, 3.63) is 70.8 Å². The van der Waals surface area contributed by atoms with Crippen LogP contribution in [-0.2, 0) is 29.8 Å². The third-order valence-corrected chi connectivity index (χ3v) is 5.24. The zero-order valence-corrected chi connectivity index (χ0v) is 14.2. The molecule has 1 aliphatic rings. The minimum atomic E-state index is 0.128. The summed E-state index contributed by atoms with van der Waals surface area (Å²) in [6, 6.07) is 17.0. The molecule has 0 saturated carbocycles. The van der Waals surface area contributed by atoms with E-state index in [2.05, 4.69) is 47.8 Å². The van der Waals surface area contributed by atoms with Crippen LogP contribution in [0, 0.1) is 0 Å².